The van der Waals surface area contributed by atoms with Gasteiger partial charge in [-0.3, -0.25) is 4.79 Å². The molecule has 3 aromatic rings. The highest BCUT2D eigenvalue weighted by Gasteiger charge is 2.27. The van der Waals surface area contributed by atoms with Crippen LogP contribution in [0.15, 0.2) is 59.6 Å². The van der Waals surface area contributed by atoms with E-state index in [1.54, 1.807) is 43.6 Å². The molecular weight excluding hydrogens is 451 g/mol. The Morgan fingerprint density at radius 2 is 2.06 bits per heavy atom. The number of fused-ring (bicyclic) bond motifs is 1. The minimum absolute atomic E-state index is 0.0215. The lowest BCUT2D eigenvalue weighted by atomic mass is 10.0. The molecule has 1 aromatic heterocycles. The maximum absolute atomic E-state index is 13.7. The van der Waals surface area contributed by atoms with Gasteiger partial charge in [0.1, 0.15) is 10.7 Å². The van der Waals surface area contributed by atoms with Crippen molar-refractivity contribution in [3.63, 3.8) is 0 Å². The summed E-state index contributed by atoms with van der Waals surface area (Å²) in [7, 11) is -0.219. The topological polar surface area (TPSA) is 68.3 Å². The number of pyridine rings is 1. The second-order valence-corrected chi connectivity index (χ2v) is 8.42. The van der Waals surface area contributed by atoms with Crippen LogP contribution in [0.4, 0.5) is 10.1 Å². The average Bonchev–Trinajstić information content (AvgIpc) is 2.79. The van der Waals surface area contributed by atoms with Crippen LogP contribution in [0, 0.1) is 17.7 Å². The smallest absolute Gasteiger partial charge is 0.213 e. The summed E-state index contributed by atoms with van der Waals surface area (Å²) in [6.45, 7) is 0. The molecule has 4 rings (SSSR count). The standard InChI is InChI=1S/C24H16ClFN2O3S/c1-31-23-14-16(9-10-27-23)4-2-3-15-6-8-21-18(11-15)24(29)22(32(30)28-21)13-17-5-7-19(25)20(26)12-17/h5-14,28H,4H2,1H3/b22-13+. The Balaban J connectivity index is 1.60. The van der Waals surface area contributed by atoms with Crippen LogP contribution in [-0.4, -0.2) is 22.1 Å². The third-order valence-corrected chi connectivity index (χ3v) is 6.08. The first kappa shape index (κ1) is 21.8. The number of ketones is 1. The molecule has 0 spiro atoms. The van der Waals surface area contributed by atoms with Gasteiger partial charge in [-0.25, -0.2) is 13.6 Å². The quantitative estimate of drug-likeness (QED) is 0.445. The van der Waals surface area contributed by atoms with E-state index in [9.17, 15) is 13.4 Å². The molecule has 1 unspecified atom stereocenters. The van der Waals surface area contributed by atoms with Crippen molar-refractivity contribution in [1.29, 1.82) is 0 Å². The van der Waals surface area contributed by atoms with Crippen LogP contribution in [0.25, 0.3) is 6.08 Å². The van der Waals surface area contributed by atoms with Gasteiger partial charge in [-0.15, -0.1) is 0 Å². The molecule has 0 amide bonds. The van der Waals surface area contributed by atoms with E-state index in [4.69, 9.17) is 16.3 Å². The molecule has 1 aliphatic rings. The highest BCUT2D eigenvalue weighted by atomic mass is 35.5. The number of aromatic nitrogens is 1. The maximum atomic E-state index is 13.7. The van der Waals surface area contributed by atoms with Crippen molar-refractivity contribution in [3.05, 3.63) is 92.7 Å². The Bertz CT molecular complexity index is 1340. The molecule has 2 aromatic carbocycles. The van der Waals surface area contributed by atoms with E-state index >= 15 is 0 Å². The van der Waals surface area contributed by atoms with Crippen molar-refractivity contribution >= 4 is 40.1 Å². The van der Waals surface area contributed by atoms with Gasteiger partial charge in [-0.1, -0.05) is 29.5 Å². The molecule has 0 saturated carbocycles. The van der Waals surface area contributed by atoms with Crippen LogP contribution in [0.5, 0.6) is 5.88 Å². The van der Waals surface area contributed by atoms with E-state index < -0.39 is 22.6 Å². The van der Waals surface area contributed by atoms with E-state index in [-0.39, 0.29) is 9.93 Å². The molecule has 160 valence electrons. The van der Waals surface area contributed by atoms with Gasteiger partial charge in [0.25, 0.3) is 0 Å². The molecule has 8 heteroatoms. The number of halogens is 2. The lowest BCUT2D eigenvalue weighted by molar-refractivity contribution is 0.104. The number of carbonyl (C=O) groups is 1. The van der Waals surface area contributed by atoms with Crippen LogP contribution in [-0.2, 0) is 17.4 Å². The predicted octanol–water partition coefficient (Wildman–Crippen LogP) is 4.79. The summed E-state index contributed by atoms with van der Waals surface area (Å²) in [6.07, 6.45) is 3.53. The summed E-state index contributed by atoms with van der Waals surface area (Å²) in [5.41, 5.74) is 2.79. The van der Waals surface area contributed by atoms with Crippen LogP contribution in [0.2, 0.25) is 5.02 Å². The summed E-state index contributed by atoms with van der Waals surface area (Å²) >= 11 is 5.70. The number of nitrogens with zero attached hydrogens (tertiary/aromatic N) is 1. The average molecular weight is 467 g/mol. The number of carbonyl (C=O) groups excluding carboxylic acids is 1. The van der Waals surface area contributed by atoms with Crippen molar-refractivity contribution in [2.75, 3.05) is 11.8 Å². The molecule has 1 aliphatic heterocycles. The number of hydrogen-bond acceptors (Lipinski definition) is 4. The molecular formula is C24H16ClFN2O3S. The normalized spacial score (nSPS) is 16.0. The number of ether oxygens (including phenoxy) is 1. The lowest BCUT2D eigenvalue weighted by Gasteiger charge is -2.19. The van der Waals surface area contributed by atoms with Crippen LogP contribution in [0.3, 0.4) is 0 Å². The fourth-order valence-electron chi connectivity index (χ4n) is 3.06. The Kier molecular flexibility index (Phi) is 6.35. The van der Waals surface area contributed by atoms with E-state index in [1.807, 2.05) is 6.07 Å². The number of anilines is 1. The number of benzene rings is 2. The summed E-state index contributed by atoms with van der Waals surface area (Å²) in [4.78, 5) is 17.1. The van der Waals surface area contributed by atoms with Gasteiger partial charge in [0.2, 0.25) is 11.7 Å². The number of hydrogen-bond donors (Lipinski definition) is 1. The van der Waals surface area contributed by atoms with Crippen molar-refractivity contribution in [3.8, 4) is 17.7 Å². The van der Waals surface area contributed by atoms with Gasteiger partial charge in [-0.05, 0) is 53.6 Å². The largest absolute Gasteiger partial charge is 0.481 e. The zero-order valence-corrected chi connectivity index (χ0v) is 18.4. The monoisotopic (exact) mass is 466 g/mol. The van der Waals surface area contributed by atoms with Crippen molar-refractivity contribution in [1.82, 2.24) is 4.98 Å². The van der Waals surface area contributed by atoms with E-state index in [0.29, 0.717) is 34.7 Å². The molecule has 5 nitrogen and oxygen atoms in total. The summed E-state index contributed by atoms with van der Waals surface area (Å²) in [5, 5.41) is -0.0276. The van der Waals surface area contributed by atoms with Crippen molar-refractivity contribution in [2.45, 2.75) is 6.42 Å². The van der Waals surface area contributed by atoms with Crippen LogP contribution >= 0.6 is 11.6 Å². The first-order valence-electron chi connectivity index (χ1n) is 9.46. The van der Waals surface area contributed by atoms with Crippen LogP contribution < -0.4 is 9.46 Å². The van der Waals surface area contributed by atoms with E-state index in [0.717, 1.165) is 5.56 Å². The summed E-state index contributed by atoms with van der Waals surface area (Å²) in [5.74, 6) is 5.60. The van der Waals surface area contributed by atoms with E-state index in [1.165, 1.54) is 18.2 Å². The molecule has 2 heterocycles. The first-order chi connectivity index (χ1) is 15.4. The molecule has 0 radical (unpaired) electrons. The SMILES string of the molecule is COc1cc(CC#Cc2ccc3c(c2)C(=O)/C(=C\c2ccc(Cl)c(F)c2)S(=O)N3)ccn1. The Hall–Kier alpha value is -3.47. The summed E-state index contributed by atoms with van der Waals surface area (Å²) < 4.78 is 34.2. The molecule has 0 saturated heterocycles. The number of allylic oxidation sites excluding steroid dienone is 1. The molecule has 0 fully saturated rings. The zero-order valence-electron chi connectivity index (χ0n) is 16.8. The number of rotatable bonds is 3. The van der Waals surface area contributed by atoms with Gasteiger partial charge >= 0.3 is 0 Å². The van der Waals surface area contributed by atoms with Gasteiger partial charge < -0.3 is 9.46 Å². The molecule has 0 aliphatic carbocycles. The van der Waals surface area contributed by atoms with Gasteiger partial charge in [-0.2, -0.15) is 0 Å². The van der Waals surface area contributed by atoms with Crippen LogP contribution in [0.1, 0.15) is 27.0 Å². The van der Waals surface area contributed by atoms with Crippen molar-refractivity contribution in [2.24, 2.45) is 0 Å². The molecule has 0 bridgehead atoms. The molecule has 1 N–H and O–H groups in total. The second kappa shape index (κ2) is 9.35. The minimum atomic E-state index is -1.77. The Labute approximate surface area is 191 Å². The lowest BCUT2D eigenvalue weighted by Crippen LogP contribution is -2.22. The minimum Gasteiger partial charge on any atom is -0.481 e. The summed E-state index contributed by atoms with van der Waals surface area (Å²) in [6, 6.07) is 12.8. The maximum Gasteiger partial charge on any atom is 0.213 e. The van der Waals surface area contributed by atoms with Gasteiger partial charge in [0.05, 0.1) is 17.8 Å². The predicted molar refractivity (Wildman–Crippen MR) is 123 cm³/mol. The number of nitrogens with one attached hydrogen (secondary N) is 1. The highest BCUT2D eigenvalue weighted by molar-refractivity contribution is 7.91. The molecule has 32 heavy (non-hydrogen) atoms. The first-order valence-corrected chi connectivity index (χ1v) is 11.0. The third-order valence-electron chi connectivity index (χ3n) is 4.67. The fraction of sp³-hybridized carbons (Fsp3) is 0.0833. The number of Topliss-reactive ketones (excluding diaryl/α,β-unsaturated/α-hetero) is 1. The molecule has 1 atom stereocenters. The Morgan fingerprint density at radius 1 is 1.22 bits per heavy atom. The highest BCUT2D eigenvalue weighted by Crippen LogP contribution is 2.30. The zero-order chi connectivity index (χ0) is 22.7. The number of methoxy groups -OCH3 is 1. The second-order valence-electron chi connectivity index (χ2n) is 6.83. The van der Waals surface area contributed by atoms with Crippen molar-refractivity contribution < 1.29 is 18.1 Å². The third kappa shape index (κ3) is 4.72. The van der Waals surface area contributed by atoms with Gasteiger partial charge in [0.15, 0.2) is 11.0 Å². The van der Waals surface area contributed by atoms with E-state index in [2.05, 4.69) is 21.5 Å². The fourth-order valence-corrected chi connectivity index (χ4v) is 4.19. The Morgan fingerprint density at radius 3 is 2.84 bits per heavy atom. The van der Waals surface area contributed by atoms with Gasteiger partial charge in [0, 0.05) is 29.8 Å².